The van der Waals surface area contributed by atoms with Gasteiger partial charge in [0.2, 0.25) is 11.8 Å². The van der Waals surface area contributed by atoms with E-state index >= 15 is 0 Å². The van der Waals surface area contributed by atoms with Crippen LogP contribution in [0.2, 0.25) is 0 Å². The van der Waals surface area contributed by atoms with E-state index in [-0.39, 0.29) is 28.9 Å². The molecular formula is C21H22FN3O4S2. The summed E-state index contributed by atoms with van der Waals surface area (Å²) in [6, 6.07) is 11.4. The third-order valence-corrected chi connectivity index (χ3v) is 6.36. The molecule has 1 amide bonds. The number of thioether (sulfide) groups is 1. The topological polar surface area (TPSA) is 101 Å². The SMILES string of the molecule is CSCCC(=O)NCc1nc(-c2ccccc2NS(=O)(=O)c2cccc(F)c2)oc1C. The van der Waals surface area contributed by atoms with Crippen molar-refractivity contribution in [2.24, 2.45) is 0 Å². The van der Waals surface area contributed by atoms with Crippen LogP contribution >= 0.6 is 11.8 Å². The van der Waals surface area contributed by atoms with Gasteiger partial charge in [0.05, 0.1) is 22.7 Å². The van der Waals surface area contributed by atoms with Crippen LogP contribution in [-0.4, -0.2) is 31.3 Å². The maximum atomic E-state index is 13.5. The highest BCUT2D eigenvalue weighted by molar-refractivity contribution is 7.98. The number of anilines is 1. The molecule has 0 saturated carbocycles. The molecule has 0 saturated heterocycles. The van der Waals surface area contributed by atoms with E-state index in [9.17, 15) is 17.6 Å². The lowest BCUT2D eigenvalue weighted by molar-refractivity contribution is -0.120. The smallest absolute Gasteiger partial charge is 0.262 e. The van der Waals surface area contributed by atoms with Gasteiger partial charge in [-0.1, -0.05) is 18.2 Å². The molecule has 0 aliphatic heterocycles. The first-order valence-electron chi connectivity index (χ1n) is 9.40. The number of para-hydroxylation sites is 1. The molecule has 0 fully saturated rings. The van der Waals surface area contributed by atoms with Crippen LogP contribution in [0.5, 0.6) is 0 Å². The molecule has 31 heavy (non-hydrogen) atoms. The molecule has 2 N–H and O–H groups in total. The molecule has 0 aliphatic rings. The number of aromatic nitrogens is 1. The quantitative estimate of drug-likeness (QED) is 0.498. The molecule has 0 aliphatic carbocycles. The number of nitrogens with one attached hydrogen (secondary N) is 2. The molecule has 0 spiro atoms. The van der Waals surface area contributed by atoms with E-state index in [4.69, 9.17) is 4.42 Å². The minimum Gasteiger partial charge on any atom is -0.441 e. The first-order chi connectivity index (χ1) is 14.8. The van der Waals surface area contributed by atoms with Gasteiger partial charge in [0, 0.05) is 12.2 Å². The number of benzene rings is 2. The molecule has 3 rings (SSSR count). The standard InChI is InChI=1S/C21H22FN3O4S2/c1-14-19(13-23-20(26)10-11-30-2)24-21(29-14)17-8-3-4-9-18(17)25-31(27,28)16-7-5-6-15(22)12-16/h3-9,12,25H,10-11,13H2,1-2H3,(H,23,26). The molecule has 1 heterocycles. The summed E-state index contributed by atoms with van der Waals surface area (Å²) in [5.41, 5.74) is 1.21. The first kappa shape index (κ1) is 22.8. The van der Waals surface area contributed by atoms with E-state index in [0.717, 1.165) is 11.8 Å². The Morgan fingerprint density at radius 2 is 1.97 bits per heavy atom. The number of rotatable bonds is 9. The van der Waals surface area contributed by atoms with Crippen molar-refractivity contribution in [1.82, 2.24) is 10.3 Å². The van der Waals surface area contributed by atoms with Crippen LogP contribution in [0.3, 0.4) is 0 Å². The number of halogens is 1. The maximum Gasteiger partial charge on any atom is 0.262 e. The van der Waals surface area contributed by atoms with Crippen LogP contribution in [0.4, 0.5) is 10.1 Å². The predicted octanol–water partition coefficient (Wildman–Crippen LogP) is 3.96. The average molecular weight is 464 g/mol. The van der Waals surface area contributed by atoms with Crippen LogP contribution < -0.4 is 10.0 Å². The number of oxazole rings is 1. The van der Waals surface area contributed by atoms with Crippen molar-refractivity contribution in [1.29, 1.82) is 0 Å². The van der Waals surface area contributed by atoms with Gasteiger partial charge in [-0.2, -0.15) is 11.8 Å². The molecular weight excluding hydrogens is 441 g/mol. The van der Waals surface area contributed by atoms with Crippen molar-refractivity contribution in [3.63, 3.8) is 0 Å². The second-order valence-electron chi connectivity index (χ2n) is 6.65. The summed E-state index contributed by atoms with van der Waals surface area (Å²) >= 11 is 1.59. The molecule has 164 valence electrons. The summed E-state index contributed by atoms with van der Waals surface area (Å²) < 4.78 is 47.1. The Morgan fingerprint density at radius 3 is 2.71 bits per heavy atom. The minimum atomic E-state index is -4.02. The second-order valence-corrected chi connectivity index (χ2v) is 9.32. The van der Waals surface area contributed by atoms with Crippen LogP contribution in [0.15, 0.2) is 57.8 Å². The van der Waals surface area contributed by atoms with Crippen LogP contribution in [0, 0.1) is 12.7 Å². The Hall–Kier alpha value is -2.85. The number of amides is 1. The zero-order valence-corrected chi connectivity index (χ0v) is 18.6. The highest BCUT2D eigenvalue weighted by Crippen LogP contribution is 2.30. The number of nitrogens with zero attached hydrogens (tertiary/aromatic N) is 1. The molecule has 0 atom stereocenters. The van der Waals surface area contributed by atoms with Crippen LogP contribution in [-0.2, 0) is 21.4 Å². The predicted molar refractivity (Wildman–Crippen MR) is 119 cm³/mol. The number of hydrogen-bond acceptors (Lipinski definition) is 6. The molecule has 10 heteroatoms. The van der Waals surface area contributed by atoms with Crippen molar-refractivity contribution in [3.8, 4) is 11.5 Å². The van der Waals surface area contributed by atoms with Gasteiger partial charge in [-0.25, -0.2) is 17.8 Å². The Kier molecular flexibility index (Phi) is 7.34. The third-order valence-electron chi connectivity index (χ3n) is 4.39. The van der Waals surface area contributed by atoms with Crippen LogP contribution in [0.25, 0.3) is 11.5 Å². The molecule has 2 aromatic carbocycles. The lowest BCUT2D eigenvalue weighted by atomic mass is 10.2. The summed E-state index contributed by atoms with van der Waals surface area (Å²) in [5.74, 6) is 0.727. The van der Waals surface area contributed by atoms with Crippen molar-refractivity contribution >= 4 is 33.4 Å². The molecule has 0 unspecified atom stereocenters. The van der Waals surface area contributed by atoms with Gasteiger partial charge in [0.1, 0.15) is 17.3 Å². The summed E-state index contributed by atoms with van der Waals surface area (Å²) in [6.07, 6.45) is 2.34. The Labute approximate surface area is 184 Å². The normalized spacial score (nSPS) is 11.3. The highest BCUT2D eigenvalue weighted by atomic mass is 32.2. The number of aryl methyl sites for hydroxylation is 1. The van der Waals surface area contributed by atoms with E-state index in [0.29, 0.717) is 23.4 Å². The monoisotopic (exact) mass is 463 g/mol. The van der Waals surface area contributed by atoms with Gasteiger partial charge < -0.3 is 9.73 Å². The van der Waals surface area contributed by atoms with E-state index in [2.05, 4.69) is 15.0 Å². The van der Waals surface area contributed by atoms with Gasteiger partial charge in [0.15, 0.2) is 0 Å². The fraction of sp³-hybridized carbons (Fsp3) is 0.238. The van der Waals surface area contributed by atoms with Gasteiger partial charge in [-0.05, 0) is 43.5 Å². The lowest BCUT2D eigenvalue weighted by Gasteiger charge is -2.11. The number of hydrogen-bond donors (Lipinski definition) is 2. The van der Waals surface area contributed by atoms with E-state index in [1.54, 1.807) is 43.0 Å². The van der Waals surface area contributed by atoms with Gasteiger partial charge in [-0.3, -0.25) is 9.52 Å². The zero-order valence-electron chi connectivity index (χ0n) is 17.0. The van der Waals surface area contributed by atoms with Crippen LogP contribution in [0.1, 0.15) is 17.9 Å². The Bertz CT molecular complexity index is 1180. The molecule has 7 nitrogen and oxygen atoms in total. The number of carbonyl (C=O) groups is 1. The van der Waals surface area contributed by atoms with Crippen molar-refractivity contribution in [3.05, 3.63) is 65.8 Å². The Morgan fingerprint density at radius 1 is 1.19 bits per heavy atom. The fourth-order valence-corrected chi connectivity index (χ4v) is 4.27. The zero-order chi connectivity index (χ0) is 22.4. The van der Waals surface area contributed by atoms with Gasteiger partial charge in [0.25, 0.3) is 10.0 Å². The third kappa shape index (κ3) is 5.86. The fourth-order valence-electron chi connectivity index (χ4n) is 2.77. The molecule has 1 aromatic heterocycles. The minimum absolute atomic E-state index is 0.0819. The number of sulfonamides is 1. The lowest BCUT2D eigenvalue weighted by Crippen LogP contribution is -2.23. The largest absolute Gasteiger partial charge is 0.441 e. The van der Waals surface area contributed by atoms with Gasteiger partial charge >= 0.3 is 0 Å². The number of carbonyl (C=O) groups excluding carboxylic acids is 1. The van der Waals surface area contributed by atoms with E-state index in [1.165, 1.54) is 18.2 Å². The highest BCUT2D eigenvalue weighted by Gasteiger charge is 2.20. The van der Waals surface area contributed by atoms with Gasteiger partial charge in [-0.15, -0.1) is 0 Å². The summed E-state index contributed by atoms with van der Waals surface area (Å²) in [6.45, 7) is 1.93. The second kappa shape index (κ2) is 9.97. The maximum absolute atomic E-state index is 13.5. The van der Waals surface area contributed by atoms with Crippen molar-refractivity contribution < 1.29 is 22.0 Å². The van der Waals surface area contributed by atoms with Crippen molar-refractivity contribution in [2.45, 2.75) is 24.8 Å². The summed E-state index contributed by atoms with van der Waals surface area (Å²) in [7, 11) is -4.02. The van der Waals surface area contributed by atoms with Crippen molar-refractivity contribution in [2.75, 3.05) is 16.7 Å². The van der Waals surface area contributed by atoms with E-state index < -0.39 is 15.8 Å². The summed E-state index contributed by atoms with van der Waals surface area (Å²) in [5, 5.41) is 2.80. The first-order valence-corrected chi connectivity index (χ1v) is 12.3. The average Bonchev–Trinajstić information content (AvgIpc) is 3.11. The van der Waals surface area contributed by atoms with E-state index in [1.807, 2.05) is 6.26 Å². The molecule has 0 radical (unpaired) electrons. The molecule has 0 bridgehead atoms. The Balaban J connectivity index is 1.83. The molecule has 3 aromatic rings. The summed E-state index contributed by atoms with van der Waals surface area (Å²) in [4.78, 5) is 16.1.